The number of fused-ring (bicyclic) bond motifs is 2. The second-order valence-corrected chi connectivity index (χ2v) is 31.9. The number of carbonyl (C=O) groups excluding carboxylic acids is 4. The Morgan fingerprint density at radius 1 is 0.533 bits per heavy atom. The normalized spacial score (nSPS) is 15.6. The van der Waals surface area contributed by atoms with Crippen LogP contribution in [0.3, 0.4) is 0 Å². The molecule has 0 atom stereocenters. The monoisotopic (exact) mass is 1350 g/mol. The molecule has 4 heterocycles. The SMILES string of the molecule is CC(C)CC1(OC(=O)OCOP(=O)(O)O)CCN(C(=O)c2ccc(CS(=O)(=O)c3cccc4nccnc34)cc2)CC1.CC(C)CC1(OC(=O)OCOP(=O)(OC(C)(C)C)OC(C)(C)C)CCN(C(=O)c2ccc(CS(=O)(=O)c3cccc4nccnc34)cc2)CC1. The minimum Gasteiger partial charge on any atom is -0.427 e. The number of ether oxygens (including phenoxy) is 4. The van der Waals surface area contributed by atoms with Crippen LogP contribution in [-0.4, -0.2) is 143 Å². The van der Waals surface area contributed by atoms with Gasteiger partial charge in [0.15, 0.2) is 19.7 Å². The van der Waals surface area contributed by atoms with Crippen LogP contribution in [0.1, 0.15) is 140 Å². The predicted molar refractivity (Wildman–Crippen MR) is 337 cm³/mol. The van der Waals surface area contributed by atoms with E-state index in [1.54, 1.807) is 124 Å². The molecule has 30 heteroatoms. The number of phosphoric acid groups is 2. The standard InChI is InChI=1S/C35H48N3O10PS.C27H32N3O10PS/c1-25(2)22-35(46-32(40)44-24-45-49(41,47-33(3,4)5)48-34(6,7)8)16-20-38(21-17-35)31(39)27-14-12-26(13-15-27)23-50(42,43)29-11-9-10-28-30(29)37-19-18-36-28;1-19(2)16-27(40-26(32)38-18-39-41(33,34)35)10-14-30(15-11-27)25(31)21-8-6-20(7-9-21)17-42(36,37)23-5-3-4-22-24(23)29-13-12-28-22/h9-15,18-19,25H,16-17,20-24H2,1-8H3;3-9,12-13,19H,10-11,14-18H2,1-2H3,(H2,33,34,35). The van der Waals surface area contributed by atoms with Crippen molar-refractivity contribution in [2.24, 2.45) is 11.8 Å². The number of carbonyl (C=O) groups is 4. The average Bonchev–Trinajstić information content (AvgIpc) is 0.834. The molecule has 0 saturated carbocycles. The number of amides is 2. The number of para-hydroxylation sites is 2. The van der Waals surface area contributed by atoms with Crippen LogP contribution in [0.15, 0.2) is 120 Å². The van der Waals surface area contributed by atoms with Gasteiger partial charge in [-0.3, -0.25) is 38.6 Å². The number of likely N-dealkylation sites (tertiary alicyclic amines) is 2. The van der Waals surface area contributed by atoms with E-state index in [0.29, 0.717) is 95.9 Å². The fraction of sp³-hybridized carbons (Fsp3) is 0.484. The summed E-state index contributed by atoms with van der Waals surface area (Å²) in [6.07, 6.45) is 6.22. The molecule has 4 aromatic carbocycles. The maximum absolute atomic E-state index is 13.4. The zero-order valence-electron chi connectivity index (χ0n) is 53.1. The lowest BCUT2D eigenvalue weighted by Crippen LogP contribution is -2.49. The summed E-state index contributed by atoms with van der Waals surface area (Å²) < 4.78 is 119. The maximum atomic E-state index is 13.4. The molecule has 0 spiro atoms. The van der Waals surface area contributed by atoms with Crippen molar-refractivity contribution < 1.29 is 92.0 Å². The van der Waals surface area contributed by atoms with Gasteiger partial charge in [0, 0.05) is 87.8 Å². The van der Waals surface area contributed by atoms with Crippen LogP contribution in [0, 0.1) is 11.8 Å². The topological polar surface area (TPSA) is 343 Å². The highest BCUT2D eigenvalue weighted by Crippen LogP contribution is 2.55. The summed E-state index contributed by atoms with van der Waals surface area (Å²) >= 11 is 0. The van der Waals surface area contributed by atoms with Crippen LogP contribution < -0.4 is 0 Å². The smallest absolute Gasteiger partial charge is 0.427 e. The van der Waals surface area contributed by atoms with Crippen LogP contribution >= 0.6 is 15.6 Å². The molecule has 8 rings (SSSR count). The first-order valence-corrected chi connectivity index (χ1v) is 35.9. The van der Waals surface area contributed by atoms with Crippen LogP contribution in [0.2, 0.25) is 0 Å². The zero-order valence-corrected chi connectivity index (χ0v) is 56.5. The Bertz CT molecular complexity index is 3870. The summed E-state index contributed by atoms with van der Waals surface area (Å²) in [5.41, 5.74) is -0.0986. The summed E-state index contributed by atoms with van der Waals surface area (Å²) in [6.45, 7) is 17.7. The van der Waals surface area contributed by atoms with Crippen molar-refractivity contribution in [2.75, 3.05) is 39.8 Å². The molecule has 0 radical (unpaired) electrons. The van der Waals surface area contributed by atoms with Crippen molar-refractivity contribution in [3.05, 3.63) is 132 Å². The van der Waals surface area contributed by atoms with Gasteiger partial charge in [-0.25, -0.2) is 44.6 Å². The van der Waals surface area contributed by atoms with Gasteiger partial charge in [-0.15, -0.1) is 0 Å². The molecule has 500 valence electrons. The Labute approximate surface area is 535 Å². The Balaban J connectivity index is 0.000000265. The summed E-state index contributed by atoms with van der Waals surface area (Å²) in [6, 6.07) is 22.5. The van der Waals surface area contributed by atoms with E-state index in [-0.39, 0.29) is 58.0 Å². The lowest BCUT2D eigenvalue weighted by atomic mass is 9.83. The highest BCUT2D eigenvalue weighted by molar-refractivity contribution is 7.91. The molecule has 6 aromatic rings. The molecule has 2 aromatic heterocycles. The summed E-state index contributed by atoms with van der Waals surface area (Å²) in [5.74, 6) is -0.675. The first-order valence-electron chi connectivity index (χ1n) is 29.6. The van der Waals surface area contributed by atoms with Gasteiger partial charge in [0.1, 0.15) is 22.2 Å². The minimum absolute atomic E-state index is 0.0897. The number of rotatable bonds is 22. The Hall–Kier alpha value is -6.84. The number of benzene rings is 4. The molecule has 2 aliphatic rings. The van der Waals surface area contributed by atoms with E-state index in [0.717, 1.165) is 0 Å². The number of piperidine rings is 2. The quantitative estimate of drug-likeness (QED) is 0.0362. The third-order valence-electron chi connectivity index (χ3n) is 14.3. The van der Waals surface area contributed by atoms with Gasteiger partial charge in [0.05, 0.1) is 43.5 Å². The highest BCUT2D eigenvalue weighted by atomic mass is 32.2. The first kappa shape index (κ1) is 72.6. The van der Waals surface area contributed by atoms with Gasteiger partial charge in [-0.1, -0.05) is 64.1 Å². The van der Waals surface area contributed by atoms with Gasteiger partial charge in [0.25, 0.3) is 11.8 Å². The fourth-order valence-electron chi connectivity index (χ4n) is 10.7. The van der Waals surface area contributed by atoms with Crippen molar-refractivity contribution in [1.29, 1.82) is 0 Å². The maximum Gasteiger partial charge on any atom is 0.510 e. The first-order chi connectivity index (χ1) is 43.0. The van der Waals surface area contributed by atoms with E-state index in [1.165, 1.54) is 36.9 Å². The molecule has 92 heavy (non-hydrogen) atoms. The Morgan fingerprint density at radius 3 is 1.22 bits per heavy atom. The molecule has 0 aliphatic carbocycles. The minimum atomic E-state index is -4.80. The van der Waals surface area contributed by atoms with E-state index in [1.807, 2.05) is 27.7 Å². The fourth-order valence-corrected chi connectivity index (χ4v) is 15.6. The molecule has 2 aliphatic heterocycles. The Kier molecular flexibility index (Phi) is 23.7. The third-order valence-corrected chi connectivity index (χ3v) is 20.2. The van der Waals surface area contributed by atoms with Gasteiger partial charge >= 0.3 is 28.0 Å². The second kappa shape index (κ2) is 30.1. The highest BCUT2D eigenvalue weighted by Gasteiger charge is 2.43. The summed E-state index contributed by atoms with van der Waals surface area (Å²) in [5, 5.41) is 0. The number of phosphoric ester groups is 2. The van der Waals surface area contributed by atoms with Crippen molar-refractivity contribution in [1.82, 2.24) is 29.7 Å². The van der Waals surface area contributed by atoms with E-state index in [2.05, 4.69) is 29.2 Å². The lowest BCUT2D eigenvalue weighted by Gasteiger charge is -2.41. The van der Waals surface area contributed by atoms with Crippen molar-refractivity contribution in [3.8, 4) is 0 Å². The molecule has 0 unspecified atom stereocenters. The molecule has 2 amide bonds. The van der Waals surface area contributed by atoms with E-state index < -0.39 is 83.6 Å². The summed E-state index contributed by atoms with van der Waals surface area (Å²) in [4.78, 5) is 89.4. The third kappa shape index (κ3) is 21.1. The molecule has 2 N–H and O–H groups in total. The van der Waals surface area contributed by atoms with E-state index >= 15 is 0 Å². The predicted octanol–water partition coefficient (Wildman–Crippen LogP) is 11.3. The number of hydrogen-bond donors (Lipinski definition) is 2. The zero-order chi connectivity index (χ0) is 67.5. The van der Waals surface area contributed by atoms with Gasteiger partial charge in [0.2, 0.25) is 13.6 Å². The largest absolute Gasteiger partial charge is 0.510 e. The summed E-state index contributed by atoms with van der Waals surface area (Å²) in [7, 11) is -16.4. The van der Waals surface area contributed by atoms with Gasteiger partial charge < -0.3 is 38.5 Å². The number of sulfone groups is 2. The lowest BCUT2D eigenvalue weighted by molar-refractivity contribution is -0.0937. The molecule has 2 fully saturated rings. The number of aromatic nitrogens is 4. The second-order valence-electron chi connectivity index (χ2n) is 25.3. The van der Waals surface area contributed by atoms with Crippen LogP contribution in [0.25, 0.3) is 22.1 Å². The average molecular weight is 1360 g/mol. The van der Waals surface area contributed by atoms with Gasteiger partial charge in [-0.2, -0.15) is 0 Å². The molecule has 2 saturated heterocycles. The van der Waals surface area contributed by atoms with E-state index in [4.69, 9.17) is 37.6 Å². The van der Waals surface area contributed by atoms with E-state index in [9.17, 15) is 45.1 Å². The Morgan fingerprint density at radius 2 is 0.880 bits per heavy atom. The molecular weight excluding hydrogens is 1270 g/mol. The van der Waals surface area contributed by atoms with Crippen molar-refractivity contribution >= 4 is 81.5 Å². The van der Waals surface area contributed by atoms with Crippen LogP contribution in [0.5, 0.6) is 0 Å². The van der Waals surface area contributed by atoms with Crippen molar-refractivity contribution in [3.63, 3.8) is 0 Å². The number of hydrogen-bond acceptors (Lipinski definition) is 22. The van der Waals surface area contributed by atoms with Gasteiger partial charge in [-0.05, 0) is 126 Å². The molecule has 26 nitrogen and oxygen atoms in total. The number of nitrogens with zero attached hydrogens (tertiary/aromatic N) is 6. The van der Waals surface area contributed by atoms with Crippen molar-refractivity contribution in [2.45, 2.75) is 151 Å². The molecule has 0 bridgehead atoms. The van der Waals surface area contributed by atoms with Crippen LogP contribution in [0.4, 0.5) is 9.59 Å². The van der Waals surface area contributed by atoms with Crippen LogP contribution in [-0.2, 0) is 77.4 Å². The molecular formula is C62H80N6O20P2S2.